The maximum Gasteiger partial charge on any atom is 0.410 e. The summed E-state index contributed by atoms with van der Waals surface area (Å²) in [6.45, 7) is 11.7. The van der Waals surface area contributed by atoms with Gasteiger partial charge in [-0.1, -0.05) is 0 Å². The monoisotopic (exact) mass is 299 g/mol. The second kappa shape index (κ2) is 7.99. The first kappa shape index (κ1) is 18.2. The lowest BCUT2D eigenvalue weighted by atomic mass is 9.97. The molecule has 0 saturated carbocycles. The molecule has 1 fully saturated rings. The number of nitrogens with one attached hydrogen (secondary N) is 1. The molecule has 1 aliphatic rings. The summed E-state index contributed by atoms with van der Waals surface area (Å²) < 4.78 is 5.42. The number of likely N-dealkylation sites (N-methyl/N-ethyl adjacent to an activating group) is 1. The predicted octanol–water partition coefficient (Wildman–Crippen LogP) is 2.17. The largest absolute Gasteiger partial charge is 0.444 e. The first-order valence-corrected chi connectivity index (χ1v) is 8.03. The van der Waals surface area contributed by atoms with Gasteiger partial charge >= 0.3 is 6.09 Å². The van der Waals surface area contributed by atoms with E-state index in [0.717, 1.165) is 39.0 Å². The van der Waals surface area contributed by atoms with E-state index in [9.17, 15) is 4.79 Å². The smallest absolute Gasteiger partial charge is 0.410 e. The van der Waals surface area contributed by atoms with Crippen molar-refractivity contribution in [2.24, 2.45) is 5.92 Å². The van der Waals surface area contributed by atoms with Crippen LogP contribution in [-0.2, 0) is 4.74 Å². The topological polar surface area (TPSA) is 44.8 Å². The summed E-state index contributed by atoms with van der Waals surface area (Å²) in [4.78, 5) is 16.0. The Morgan fingerprint density at radius 3 is 2.38 bits per heavy atom. The Balaban J connectivity index is 2.24. The molecule has 0 radical (unpaired) electrons. The number of nitrogens with zero attached hydrogens (tertiary/aromatic N) is 2. The quantitative estimate of drug-likeness (QED) is 0.845. The Morgan fingerprint density at radius 2 is 1.90 bits per heavy atom. The summed E-state index contributed by atoms with van der Waals surface area (Å²) >= 11 is 0. The molecule has 1 saturated heterocycles. The van der Waals surface area contributed by atoms with Crippen LogP contribution in [0.4, 0.5) is 4.79 Å². The molecule has 0 aromatic heterocycles. The fourth-order valence-electron chi connectivity index (χ4n) is 2.63. The number of amides is 1. The van der Waals surface area contributed by atoms with E-state index >= 15 is 0 Å². The minimum Gasteiger partial charge on any atom is -0.444 e. The molecule has 1 atom stereocenters. The third-order valence-electron chi connectivity index (χ3n) is 3.66. The van der Waals surface area contributed by atoms with Crippen LogP contribution in [0.3, 0.4) is 0 Å². The average molecular weight is 299 g/mol. The van der Waals surface area contributed by atoms with Crippen LogP contribution in [-0.4, -0.2) is 67.8 Å². The summed E-state index contributed by atoms with van der Waals surface area (Å²) in [6.07, 6.45) is 1.94. The van der Waals surface area contributed by atoms with Gasteiger partial charge in [0.25, 0.3) is 0 Å². The Bertz CT molecular complexity index is 318. The Hall–Kier alpha value is -0.810. The van der Waals surface area contributed by atoms with Crippen LogP contribution >= 0.6 is 0 Å². The zero-order valence-corrected chi connectivity index (χ0v) is 14.6. The van der Waals surface area contributed by atoms with Crippen molar-refractivity contribution >= 4 is 6.09 Å². The minimum absolute atomic E-state index is 0.171. The van der Waals surface area contributed by atoms with Gasteiger partial charge in [0.1, 0.15) is 5.60 Å². The van der Waals surface area contributed by atoms with Crippen molar-refractivity contribution in [3.05, 3.63) is 0 Å². The summed E-state index contributed by atoms with van der Waals surface area (Å²) in [5, 5.41) is 3.59. The predicted molar refractivity (Wildman–Crippen MR) is 86.5 cm³/mol. The van der Waals surface area contributed by atoms with Gasteiger partial charge in [-0.25, -0.2) is 4.79 Å². The van der Waals surface area contributed by atoms with E-state index < -0.39 is 5.60 Å². The van der Waals surface area contributed by atoms with Gasteiger partial charge in [0.2, 0.25) is 0 Å². The summed E-state index contributed by atoms with van der Waals surface area (Å²) in [6, 6.07) is 0.504. The molecular formula is C16H33N3O2. The van der Waals surface area contributed by atoms with Crippen molar-refractivity contribution in [3.63, 3.8) is 0 Å². The number of carbonyl (C=O) groups is 1. The molecule has 0 bridgehead atoms. The molecule has 1 amide bonds. The van der Waals surface area contributed by atoms with Gasteiger partial charge in [0, 0.05) is 25.7 Å². The first-order chi connectivity index (χ1) is 9.67. The summed E-state index contributed by atoms with van der Waals surface area (Å²) in [7, 11) is 4.19. The van der Waals surface area contributed by atoms with Crippen molar-refractivity contribution in [1.82, 2.24) is 15.1 Å². The number of rotatable bonds is 5. The van der Waals surface area contributed by atoms with Gasteiger partial charge in [0.05, 0.1) is 0 Å². The normalized spacial score (nSPS) is 18.9. The first-order valence-electron chi connectivity index (χ1n) is 8.03. The molecule has 5 nitrogen and oxygen atoms in total. The zero-order chi connectivity index (χ0) is 16.0. The number of likely N-dealkylation sites (tertiary alicyclic amines) is 1. The van der Waals surface area contributed by atoms with E-state index in [4.69, 9.17) is 4.74 Å². The molecule has 1 rings (SSSR count). The third-order valence-corrected chi connectivity index (χ3v) is 3.66. The minimum atomic E-state index is -0.406. The van der Waals surface area contributed by atoms with Gasteiger partial charge in [-0.3, -0.25) is 0 Å². The molecule has 124 valence electrons. The molecule has 0 aromatic carbocycles. The molecule has 1 N–H and O–H groups in total. The van der Waals surface area contributed by atoms with Gasteiger partial charge in [-0.2, -0.15) is 0 Å². The number of ether oxygens (including phenoxy) is 1. The standard InChI is InChI=1S/C16H33N3O2/c1-13(12-18(5)6)17-11-14-7-9-19(10-8-14)15(20)21-16(2,3)4/h13-14,17H,7-12H2,1-6H3. The van der Waals surface area contributed by atoms with Crippen LogP contribution < -0.4 is 5.32 Å². The fourth-order valence-corrected chi connectivity index (χ4v) is 2.63. The zero-order valence-electron chi connectivity index (χ0n) is 14.6. The van der Waals surface area contributed by atoms with Crippen molar-refractivity contribution < 1.29 is 9.53 Å². The number of carbonyl (C=O) groups excluding carboxylic acids is 1. The van der Waals surface area contributed by atoms with Gasteiger partial charge < -0.3 is 19.9 Å². The highest BCUT2D eigenvalue weighted by Crippen LogP contribution is 2.19. The molecule has 5 heteroatoms. The molecule has 0 spiro atoms. The Kier molecular flexibility index (Phi) is 6.94. The Labute approximate surface area is 130 Å². The third kappa shape index (κ3) is 7.67. The van der Waals surface area contributed by atoms with E-state index in [1.807, 2.05) is 25.7 Å². The lowest BCUT2D eigenvalue weighted by Gasteiger charge is -2.34. The van der Waals surface area contributed by atoms with Crippen LogP contribution in [0, 0.1) is 5.92 Å². The SMILES string of the molecule is CC(CN(C)C)NCC1CCN(C(=O)OC(C)(C)C)CC1. The fraction of sp³-hybridized carbons (Fsp3) is 0.938. The number of hydrogen-bond acceptors (Lipinski definition) is 4. The molecule has 0 aromatic rings. The molecular weight excluding hydrogens is 266 g/mol. The number of hydrogen-bond donors (Lipinski definition) is 1. The Morgan fingerprint density at radius 1 is 1.33 bits per heavy atom. The molecule has 21 heavy (non-hydrogen) atoms. The van der Waals surface area contributed by atoms with Crippen LogP contribution in [0.1, 0.15) is 40.5 Å². The lowest BCUT2D eigenvalue weighted by molar-refractivity contribution is 0.0183. The van der Waals surface area contributed by atoms with Crippen LogP contribution in [0.15, 0.2) is 0 Å². The molecule has 1 unspecified atom stereocenters. The van der Waals surface area contributed by atoms with Crippen LogP contribution in [0.5, 0.6) is 0 Å². The van der Waals surface area contributed by atoms with Gasteiger partial charge in [-0.05, 0) is 67.1 Å². The molecule has 1 heterocycles. The average Bonchev–Trinajstić information content (AvgIpc) is 2.34. The van der Waals surface area contributed by atoms with Crippen molar-refractivity contribution in [1.29, 1.82) is 0 Å². The summed E-state index contributed by atoms with van der Waals surface area (Å²) in [5.74, 6) is 0.660. The maximum absolute atomic E-state index is 12.0. The van der Waals surface area contributed by atoms with Crippen molar-refractivity contribution in [2.45, 2.75) is 52.2 Å². The summed E-state index contributed by atoms with van der Waals surface area (Å²) in [5.41, 5.74) is -0.406. The highest BCUT2D eigenvalue weighted by Gasteiger charge is 2.26. The van der Waals surface area contributed by atoms with Crippen molar-refractivity contribution in [2.75, 3.05) is 40.3 Å². The molecule has 0 aliphatic carbocycles. The second-order valence-electron chi connectivity index (χ2n) is 7.48. The van der Waals surface area contributed by atoms with E-state index in [2.05, 4.69) is 31.2 Å². The lowest BCUT2D eigenvalue weighted by Crippen LogP contribution is -2.45. The van der Waals surface area contributed by atoms with Gasteiger partial charge in [-0.15, -0.1) is 0 Å². The van der Waals surface area contributed by atoms with Crippen molar-refractivity contribution in [3.8, 4) is 0 Å². The van der Waals surface area contributed by atoms with E-state index in [-0.39, 0.29) is 6.09 Å². The van der Waals surface area contributed by atoms with E-state index in [0.29, 0.717) is 12.0 Å². The van der Waals surface area contributed by atoms with Gasteiger partial charge in [0.15, 0.2) is 0 Å². The number of piperidine rings is 1. The second-order valence-corrected chi connectivity index (χ2v) is 7.48. The van der Waals surface area contributed by atoms with E-state index in [1.165, 1.54) is 0 Å². The molecule has 1 aliphatic heterocycles. The highest BCUT2D eigenvalue weighted by molar-refractivity contribution is 5.68. The van der Waals surface area contributed by atoms with Crippen LogP contribution in [0.2, 0.25) is 0 Å². The van der Waals surface area contributed by atoms with Crippen LogP contribution in [0.25, 0.3) is 0 Å². The van der Waals surface area contributed by atoms with E-state index in [1.54, 1.807) is 0 Å². The highest BCUT2D eigenvalue weighted by atomic mass is 16.6. The maximum atomic E-state index is 12.0.